The van der Waals surface area contributed by atoms with Gasteiger partial charge in [0.15, 0.2) is 5.82 Å². The summed E-state index contributed by atoms with van der Waals surface area (Å²) in [6, 6.07) is 7.13. The van der Waals surface area contributed by atoms with Crippen molar-refractivity contribution >= 4 is 28.9 Å². The normalized spacial score (nSPS) is 15.0. The number of imidazole rings is 1. The number of rotatable bonds is 8. The Bertz CT molecular complexity index is 1640. The molecule has 1 saturated heterocycles. The van der Waals surface area contributed by atoms with Gasteiger partial charge in [0.2, 0.25) is 5.91 Å². The minimum Gasteiger partial charge on any atom is -0.495 e. The largest absolute Gasteiger partial charge is 0.495 e. The molecule has 5 rings (SSSR count). The summed E-state index contributed by atoms with van der Waals surface area (Å²) in [5, 5.41) is 7.15. The summed E-state index contributed by atoms with van der Waals surface area (Å²) in [5.41, 5.74) is 0.503. The number of carbonyl (C=O) groups excluding carboxylic acids is 1. The second-order valence-corrected chi connectivity index (χ2v) is 9.27. The average Bonchev–Trinajstić information content (AvgIpc) is 3.62. The number of halogens is 4. The number of benzene rings is 2. The van der Waals surface area contributed by atoms with Gasteiger partial charge in [-0.1, -0.05) is 18.7 Å². The predicted molar refractivity (Wildman–Crippen MR) is 147 cm³/mol. The standard InChI is InChI=1S/C28H25F4N7O3/c1-4-26(40)37-19-11-20(23(41-3)10-17(19)21-13-38(2)15-35-21)36-24-12-25(34-14-33-24)39-22(8-9-42-39)16-6-5-7-18(27(16)29)28(30,31)32/h4-7,10-15,22H,1,8-9H2,2-3H3,(H,37,40)(H,33,34,36)/t22-/m1/s1. The summed E-state index contributed by atoms with van der Waals surface area (Å²) in [4.78, 5) is 30.6. The van der Waals surface area contributed by atoms with E-state index in [-0.39, 0.29) is 30.2 Å². The third-order valence-corrected chi connectivity index (χ3v) is 6.50. The molecular formula is C28H25F4N7O3. The Labute approximate surface area is 237 Å². The van der Waals surface area contributed by atoms with Gasteiger partial charge in [-0.2, -0.15) is 13.2 Å². The topological polar surface area (TPSA) is 106 Å². The van der Waals surface area contributed by atoms with Gasteiger partial charge < -0.3 is 19.9 Å². The van der Waals surface area contributed by atoms with Crippen molar-refractivity contribution in [2.45, 2.75) is 18.6 Å². The van der Waals surface area contributed by atoms with E-state index in [4.69, 9.17) is 9.57 Å². The fraction of sp³-hybridized carbons (Fsp3) is 0.214. The number of nitrogens with zero attached hydrogens (tertiary/aromatic N) is 5. The van der Waals surface area contributed by atoms with Crippen LogP contribution in [0.1, 0.15) is 23.6 Å². The molecule has 1 aliphatic rings. The van der Waals surface area contributed by atoms with Crippen LogP contribution in [0.2, 0.25) is 0 Å². The van der Waals surface area contributed by atoms with Crippen molar-refractivity contribution in [1.82, 2.24) is 19.5 Å². The highest BCUT2D eigenvalue weighted by Gasteiger charge is 2.38. The third kappa shape index (κ3) is 5.74. The SMILES string of the molecule is C=CC(=O)Nc1cc(Nc2cc(N3OCC[C@@H]3c3cccc(C(F)(F)F)c3F)ncn2)c(OC)cc1-c1cn(C)cn1. The Morgan fingerprint density at radius 2 is 2.00 bits per heavy atom. The van der Waals surface area contributed by atoms with Crippen LogP contribution >= 0.6 is 0 Å². The highest BCUT2D eigenvalue weighted by molar-refractivity contribution is 6.02. The number of carbonyl (C=O) groups is 1. The first-order valence-corrected chi connectivity index (χ1v) is 12.6. The van der Waals surface area contributed by atoms with E-state index in [1.54, 1.807) is 29.2 Å². The average molecular weight is 584 g/mol. The van der Waals surface area contributed by atoms with Gasteiger partial charge in [0.25, 0.3) is 0 Å². The minimum absolute atomic E-state index is 0.141. The van der Waals surface area contributed by atoms with E-state index < -0.39 is 29.5 Å². The maximum atomic E-state index is 15.0. The van der Waals surface area contributed by atoms with Gasteiger partial charge in [-0.05, 0) is 24.3 Å². The molecular weight excluding hydrogens is 558 g/mol. The van der Waals surface area contributed by atoms with Gasteiger partial charge in [-0.15, -0.1) is 0 Å². The van der Waals surface area contributed by atoms with Gasteiger partial charge in [-0.25, -0.2) is 24.4 Å². The molecule has 4 aromatic rings. The molecule has 0 spiro atoms. The second kappa shape index (κ2) is 11.5. The quantitative estimate of drug-likeness (QED) is 0.198. The van der Waals surface area contributed by atoms with Crippen molar-refractivity contribution < 1.29 is 31.9 Å². The van der Waals surface area contributed by atoms with Crippen molar-refractivity contribution in [3.05, 3.63) is 84.8 Å². The number of ether oxygens (including phenoxy) is 1. The molecule has 0 bridgehead atoms. The Morgan fingerprint density at radius 3 is 2.69 bits per heavy atom. The van der Waals surface area contributed by atoms with Crippen LogP contribution in [0.15, 0.2) is 67.9 Å². The van der Waals surface area contributed by atoms with Crippen LogP contribution in [-0.4, -0.2) is 39.1 Å². The van der Waals surface area contributed by atoms with E-state index >= 15 is 0 Å². The second-order valence-electron chi connectivity index (χ2n) is 9.27. The lowest BCUT2D eigenvalue weighted by atomic mass is 10.0. The molecule has 0 radical (unpaired) electrons. The van der Waals surface area contributed by atoms with E-state index in [0.29, 0.717) is 34.4 Å². The monoisotopic (exact) mass is 583 g/mol. The molecule has 0 saturated carbocycles. The molecule has 0 aliphatic carbocycles. The Morgan fingerprint density at radius 1 is 1.19 bits per heavy atom. The van der Waals surface area contributed by atoms with Gasteiger partial charge in [0.1, 0.15) is 23.7 Å². The molecule has 2 aromatic heterocycles. The summed E-state index contributed by atoms with van der Waals surface area (Å²) in [6.45, 7) is 3.64. The smallest absolute Gasteiger partial charge is 0.419 e. The van der Waals surface area contributed by atoms with Crippen LogP contribution in [-0.2, 0) is 22.9 Å². The van der Waals surface area contributed by atoms with Gasteiger partial charge in [0, 0.05) is 36.9 Å². The lowest BCUT2D eigenvalue weighted by Gasteiger charge is -2.25. The highest BCUT2D eigenvalue weighted by atomic mass is 19.4. The molecule has 3 heterocycles. The fourth-order valence-electron chi connectivity index (χ4n) is 4.57. The first kappa shape index (κ1) is 28.5. The van der Waals surface area contributed by atoms with Crippen molar-refractivity contribution in [2.24, 2.45) is 7.05 Å². The number of methoxy groups -OCH3 is 1. The molecule has 14 heteroatoms. The molecule has 1 atom stereocenters. The predicted octanol–water partition coefficient (Wildman–Crippen LogP) is 5.79. The molecule has 0 unspecified atom stereocenters. The summed E-state index contributed by atoms with van der Waals surface area (Å²) in [5.74, 6) is -0.940. The number of aromatic nitrogens is 4. The molecule has 42 heavy (non-hydrogen) atoms. The minimum atomic E-state index is -4.84. The number of hydrogen-bond donors (Lipinski definition) is 2. The van der Waals surface area contributed by atoms with E-state index in [2.05, 4.69) is 32.2 Å². The van der Waals surface area contributed by atoms with Crippen LogP contribution in [0.25, 0.3) is 11.3 Å². The number of hydroxylamine groups is 1. The van der Waals surface area contributed by atoms with Crippen molar-refractivity contribution in [1.29, 1.82) is 0 Å². The first-order valence-electron chi connectivity index (χ1n) is 12.6. The maximum absolute atomic E-state index is 15.0. The zero-order valence-electron chi connectivity index (χ0n) is 22.4. The number of nitrogens with one attached hydrogen (secondary N) is 2. The van der Waals surface area contributed by atoms with Crippen LogP contribution in [0.5, 0.6) is 5.75 Å². The van der Waals surface area contributed by atoms with Gasteiger partial charge in [-0.3, -0.25) is 9.63 Å². The molecule has 10 nitrogen and oxygen atoms in total. The summed E-state index contributed by atoms with van der Waals surface area (Å²) >= 11 is 0. The third-order valence-electron chi connectivity index (χ3n) is 6.50. The molecule has 1 aliphatic heterocycles. The van der Waals surface area contributed by atoms with Crippen LogP contribution in [0.4, 0.5) is 40.6 Å². The van der Waals surface area contributed by atoms with Crippen molar-refractivity contribution in [2.75, 3.05) is 29.4 Å². The summed E-state index contributed by atoms with van der Waals surface area (Å²) in [6.07, 6.45) is 1.16. The number of alkyl halides is 3. The molecule has 1 amide bonds. The van der Waals surface area contributed by atoms with Crippen LogP contribution < -0.4 is 20.4 Å². The molecule has 1 fully saturated rings. The summed E-state index contributed by atoms with van der Waals surface area (Å²) in [7, 11) is 3.29. The maximum Gasteiger partial charge on any atom is 0.419 e. The van der Waals surface area contributed by atoms with Gasteiger partial charge >= 0.3 is 6.18 Å². The Balaban J connectivity index is 1.48. The van der Waals surface area contributed by atoms with Crippen molar-refractivity contribution in [3.8, 4) is 17.0 Å². The Hall–Kier alpha value is -4.98. The van der Waals surface area contributed by atoms with E-state index in [9.17, 15) is 22.4 Å². The van der Waals surface area contributed by atoms with Crippen LogP contribution in [0, 0.1) is 5.82 Å². The first-order chi connectivity index (χ1) is 20.1. The zero-order valence-corrected chi connectivity index (χ0v) is 22.4. The zero-order chi connectivity index (χ0) is 30.0. The van der Waals surface area contributed by atoms with Crippen molar-refractivity contribution in [3.63, 3.8) is 0 Å². The van der Waals surface area contributed by atoms with Crippen LogP contribution in [0.3, 0.4) is 0 Å². The van der Waals surface area contributed by atoms with E-state index in [0.717, 1.165) is 12.1 Å². The molecule has 2 aromatic carbocycles. The Kier molecular flexibility index (Phi) is 7.81. The lowest BCUT2D eigenvalue weighted by Crippen LogP contribution is -2.24. The summed E-state index contributed by atoms with van der Waals surface area (Å²) < 4.78 is 62.3. The number of aryl methyl sites for hydroxylation is 1. The molecule has 218 valence electrons. The highest BCUT2D eigenvalue weighted by Crippen LogP contribution is 2.41. The van der Waals surface area contributed by atoms with E-state index in [1.165, 1.54) is 30.6 Å². The fourth-order valence-corrected chi connectivity index (χ4v) is 4.57. The van der Waals surface area contributed by atoms with Gasteiger partial charge in [0.05, 0.1) is 48.7 Å². The lowest BCUT2D eigenvalue weighted by molar-refractivity contribution is -0.140. The van der Waals surface area contributed by atoms with E-state index in [1.807, 2.05) is 7.05 Å². The number of hydrogen-bond acceptors (Lipinski definition) is 8. The number of anilines is 4. The number of amides is 1. The molecule has 2 N–H and O–H groups in total.